The fourth-order valence-corrected chi connectivity index (χ4v) is 3.75. The van der Waals surface area contributed by atoms with E-state index in [0.29, 0.717) is 11.8 Å². The van der Waals surface area contributed by atoms with Gasteiger partial charge in [0.1, 0.15) is 18.1 Å². The third kappa shape index (κ3) is 4.26. The second-order valence-corrected chi connectivity index (χ2v) is 8.25. The van der Waals surface area contributed by atoms with E-state index in [1.165, 1.54) is 0 Å². The predicted molar refractivity (Wildman–Crippen MR) is 122 cm³/mol. The van der Waals surface area contributed by atoms with E-state index in [2.05, 4.69) is 29.1 Å². The lowest BCUT2D eigenvalue weighted by Crippen LogP contribution is -2.20. The Morgan fingerprint density at radius 1 is 1.17 bits per heavy atom. The Hall–Kier alpha value is -3.06. The molecule has 0 aliphatic carbocycles. The summed E-state index contributed by atoms with van der Waals surface area (Å²) in [6.45, 7) is 4.35. The predicted octanol–water partition coefficient (Wildman–Crippen LogP) is 5.32. The fraction of sp³-hybridized carbons (Fsp3) is 0.261. The van der Waals surface area contributed by atoms with Gasteiger partial charge in [0.2, 0.25) is 11.8 Å². The van der Waals surface area contributed by atoms with Crippen LogP contribution < -0.4 is 5.32 Å². The van der Waals surface area contributed by atoms with Crippen molar-refractivity contribution in [3.8, 4) is 11.5 Å². The van der Waals surface area contributed by atoms with Crippen LogP contribution in [0.1, 0.15) is 31.4 Å². The number of nitrogens with one attached hydrogen (secondary N) is 1. The van der Waals surface area contributed by atoms with Crippen molar-refractivity contribution in [2.45, 2.75) is 32.1 Å². The van der Waals surface area contributed by atoms with Crippen molar-refractivity contribution in [2.75, 3.05) is 11.6 Å². The molecule has 0 aliphatic rings. The van der Waals surface area contributed by atoms with Gasteiger partial charge in [0.25, 0.3) is 0 Å². The van der Waals surface area contributed by atoms with Gasteiger partial charge in [-0.2, -0.15) is 11.8 Å². The number of imidazole rings is 1. The van der Waals surface area contributed by atoms with Crippen molar-refractivity contribution in [1.82, 2.24) is 14.5 Å². The van der Waals surface area contributed by atoms with Crippen molar-refractivity contribution in [2.24, 2.45) is 0 Å². The van der Waals surface area contributed by atoms with Crippen molar-refractivity contribution >= 4 is 34.4 Å². The fourth-order valence-electron chi connectivity index (χ4n) is 3.27. The molecular weight excluding hydrogens is 396 g/mol. The molecule has 0 bridgehead atoms. The number of benzene rings is 2. The monoisotopic (exact) mass is 420 g/mol. The van der Waals surface area contributed by atoms with Gasteiger partial charge < -0.3 is 14.3 Å². The molecule has 30 heavy (non-hydrogen) atoms. The minimum absolute atomic E-state index is 0.0912. The molecule has 2 heterocycles. The van der Waals surface area contributed by atoms with Gasteiger partial charge in [-0.1, -0.05) is 26.0 Å². The number of aromatic nitrogens is 3. The van der Waals surface area contributed by atoms with Gasteiger partial charge in [0.15, 0.2) is 0 Å². The van der Waals surface area contributed by atoms with E-state index in [0.717, 1.165) is 39.6 Å². The maximum Gasteiger partial charge on any atom is 0.244 e. The minimum atomic E-state index is -0.0912. The molecule has 0 aliphatic heterocycles. The number of carbonyl (C=O) groups is 1. The number of rotatable bonds is 7. The molecule has 2 aromatic heterocycles. The van der Waals surface area contributed by atoms with Crippen LogP contribution in [0.3, 0.4) is 0 Å². The van der Waals surface area contributed by atoms with Crippen LogP contribution >= 0.6 is 11.8 Å². The molecule has 1 amide bonds. The molecule has 4 aromatic rings. The third-order valence-electron chi connectivity index (χ3n) is 4.82. The Balaban J connectivity index is 1.48. The zero-order chi connectivity index (χ0) is 21.1. The Morgan fingerprint density at radius 3 is 2.63 bits per heavy atom. The van der Waals surface area contributed by atoms with Crippen molar-refractivity contribution in [3.05, 3.63) is 66.3 Å². The lowest BCUT2D eigenvalue weighted by Gasteiger charge is -2.10. The molecule has 6 nitrogen and oxygen atoms in total. The van der Waals surface area contributed by atoms with E-state index >= 15 is 0 Å². The molecule has 0 unspecified atom stereocenters. The third-order valence-corrected chi connectivity index (χ3v) is 5.36. The van der Waals surface area contributed by atoms with E-state index in [1.807, 2.05) is 59.4 Å². The smallest absolute Gasteiger partial charge is 0.244 e. The molecule has 2 aromatic carbocycles. The minimum Gasteiger partial charge on any atom is -0.441 e. The summed E-state index contributed by atoms with van der Waals surface area (Å²) < 4.78 is 7.77. The van der Waals surface area contributed by atoms with Crippen LogP contribution in [0.2, 0.25) is 0 Å². The summed E-state index contributed by atoms with van der Waals surface area (Å²) >= 11 is 1.69. The summed E-state index contributed by atoms with van der Waals surface area (Å²) in [5, 5.41) is 2.97. The highest BCUT2D eigenvalue weighted by molar-refractivity contribution is 7.97. The number of para-hydroxylation sites is 2. The molecule has 0 saturated carbocycles. The number of hydrogen-bond donors (Lipinski definition) is 1. The largest absolute Gasteiger partial charge is 0.441 e. The van der Waals surface area contributed by atoms with Gasteiger partial charge in [-0.05, 0) is 42.7 Å². The number of carbonyl (C=O) groups excluding carboxylic acids is 1. The lowest BCUT2D eigenvalue weighted by atomic mass is 10.2. The first-order valence-electron chi connectivity index (χ1n) is 9.84. The first-order chi connectivity index (χ1) is 14.5. The number of amides is 1. The summed E-state index contributed by atoms with van der Waals surface area (Å²) in [5.41, 5.74) is 3.49. The zero-order valence-electron chi connectivity index (χ0n) is 17.3. The number of oxazole rings is 1. The number of hydrogen-bond acceptors (Lipinski definition) is 5. The van der Waals surface area contributed by atoms with Gasteiger partial charge in [-0.25, -0.2) is 9.97 Å². The Labute approximate surface area is 179 Å². The van der Waals surface area contributed by atoms with Crippen molar-refractivity contribution in [3.63, 3.8) is 0 Å². The van der Waals surface area contributed by atoms with Crippen molar-refractivity contribution < 1.29 is 9.21 Å². The van der Waals surface area contributed by atoms with Crippen LogP contribution in [0.15, 0.2) is 59.1 Å². The molecule has 0 radical (unpaired) electrons. The zero-order valence-corrected chi connectivity index (χ0v) is 18.1. The molecule has 1 N–H and O–H groups in total. The maximum absolute atomic E-state index is 12.7. The number of anilines is 1. The van der Waals surface area contributed by atoms with Gasteiger partial charge >= 0.3 is 0 Å². The normalized spacial score (nSPS) is 11.3. The molecule has 0 saturated heterocycles. The van der Waals surface area contributed by atoms with Crippen LogP contribution in [-0.4, -0.2) is 26.7 Å². The molecule has 0 atom stereocenters. The summed E-state index contributed by atoms with van der Waals surface area (Å²) in [6, 6.07) is 15.4. The highest BCUT2D eigenvalue weighted by Gasteiger charge is 2.14. The molecule has 4 rings (SSSR count). The topological polar surface area (TPSA) is 73.0 Å². The number of thioether (sulfide) groups is 1. The quantitative estimate of drug-likeness (QED) is 0.438. The van der Waals surface area contributed by atoms with E-state index in [-0.39, 0.29) is 12.5 Å². The Morgan fingerprint density at radius 2 is 1.93 bits per heavy atom. The van der Waals surface area contributed by atoms with Crippen LogP contribution in [0.25, 0.3) is 22.5 Å². The number of nitrogens with zero attached hydrogens (tertiary/aromatic N) is 3. The second kappa shape index (κ2) is 8.75. The second-order valence-electron chi connectivity index (χ2n) is 7.38. The molecule has 0 spiro atoms. The average Bonchev–Trinajstić information content (AvgIpc) is 3.35. The maximum atomic E-state index is 12.7. The first-order valence-corrected chi connectivity index (χ1v) is 11.2. The average molecular weight is 421 g/mol. The Bertz CT molecular complexity index is 1160. The van der Waals surface area contributed by atoms with Crippen LogP contribution in [0.5, 0.6) is 0 Å². The van der Waals surface area contributed by atoms with Crippen LogP contribution in [0.4, 0.5) is 5.69 Å². The SMILES string of the molecule is CSCc1nc2ccccc2n1CC(=O)Nc1ccc(-c2ncc(C(C)C)o2)cc1. The van der Waals surface area contributed by atoms with Crippen molar-refractivity contribution in [1.29, 1.82) is 0 Å². The van der Waals surface area contributed by atoms with Gasteiger partial charge in [-0.15, -0.1) is 0 Å². The van der Waals surface area contributed by atoms with Gasteiger partial charge in [0, 0.05) is 17.2 Å². The molecule has 154 valence electrons. The highest BCUT2D eigenvalue weighted by Crippen LogP contribution is 2.25. The summed E-state index contributed by atoms with van der Waals surface area (Å²) in [7, 11) is 0. The standard InChI is InChI=1S/C23H24N4O2S/c1-15(2)20-12-24-23(29-20)16-8-10-17(11-9-16)25-22(28)13-27-19-7-5-4-6-18(19)26-21(27)14-30-3/h4-12,15H,13-14H2,1-3H3,(H,25,28). The summed E-state index contributed by atoms with van der Waals surface area (Å²) in [4.78, 5) is 21.7. The van der Waals surface area contributed by atoms with Crippen LogP contribution in [-0.2, 0) is 17.1 Å². The summed E-state index contributed by atoms with van der Waals surface area (Å²) in [5.74, 6) is 3.30. The summed E-state index contributed by atoms with van der Waals surface area (Å²) in [6.07, 6.45) is 3.79. The molecule has 7 heteroatoms. The van der Waals surface area contributed by atoms with Gasteiger partial charge in [-0.3, -0.25) is 4.79 Å². The lowest BCUT2D eigenvalue weighted by molar-refractivity contribution is -0.116. The van der Waals surface area contributed by atoms with Gasteiger partial charge in [0.05, 0.1) is 23.0 Å². The Kier molecular flexibility index (Phi) is 5.90. The molecule has 0 fully saturated rings. The van der Waals surface area contributed by atoms with E-state index in [9.17, 15) is 4.79 Å². The van der Waals surface area contributed by atoms with Crippen LogP contribution in [0, 0.1) is 0 Å². The van der Waals surface area contributed by atoms with E-state index < -0.39 is 0 Å². The first kappa shape index (κ1) is 20.2. The molecular formula is C23H24N4O2S. The highest BCUT2D eigenvalue weighted by atomic mass is 32.2. The van der Waals surface area contributed by atoms with E-state index in [1.54, 1.807) is 18.0 Å². The number of fused-ring (bicyclic) bond motifs is 1. The van der Waals surface area contributed by atoms with E-state index in [4.69, 9.17) is 4.42 Å².